The lowest BCUT2D eigenvalue weighted by Crippen LogP contribution is -2.27. The molecule has 10 heteroatoms. The van der Waals surface area contributed by atoms with E-state index < -0.39 is 25.5 Å². The molecule has 0 saturated carbocycles. The first kappa shape index (κ1) is 22.8. The molecule has 0 atom stereocenters. The van der Waals surface area contributed by atoms with Crippen molar-refractivity contribution in [1.29, 1.82) is 0 Å². The van der Waals surface area contributed by atoms with Gasteiger partial charge in [-0.25, -0.2) is 8.42 Å². The number of carbonyl (C=O) groups is 1. The van der Waals surface area contributed by atoms with Crippen LogP contribution in [0.25, 0.3) is 0 Å². The number of para-hydroxylation sites is 1. The minimum Gasteiger partial charge on any atom is -0.484 e. The van der Waals surface area contributed by atoms with Gasteiger partial charge in [-0.05, 0) is 55.0 Å². The minimum atomic E-state index is -4.16. The molecule has 0 aliphatic rings. The third-order valence-corrected chi connectivity index (χ3v) is 6.41. The van der Waals surface area contributed by atoms with Crippen molar-refractivity contribution in [3.8, 4) is 5.75 Å². The molecule has 3 rings (SSSR count). The third-order valence-electron chi connectivity index (χ3n) is 4.57. The molecule has 166 valence electrons. The number of benzene rings is 3. The fraction of sp³-hybridized carbons (Fsp3) is 0.136. The van der Waals surface area contributed by atoms with Crippen LogP contribution in [0.3, 0.4) is 0 Å². The zero-order valence-corrected chi connectivity index (χ0v) is 18.2. The second-order valence-electron chi connectivity index (χ2n) is 6.90. The highest BCUT2D eigenvalue weighted by Crippen LogP contribution is 2.29. The van der Waals surface area contributed by atoms with Crippen LogP contribution >= 0.6 is 0 Å². The number of nitrogens with one attached hydrogen (secondary N) is 1. The molecule has 0 saturated heterocycles. The fourth-order valence-corrected chi connectivity index (χ4v) is 4.29. The molecule has 32 heavy (non-hydrogen) atoms. The van der Waals surface area contributed by atoms with Crippen LogP contribution in [0.4, 0.5) is 17.1 Å². The Bertz CT molecular complexity index is 1240. The molecule has 1 amide bonds. The number of hydrogen-bond donors (Lipinski definition) is 1. The average molecular weight is 455 g/mol. The summed E-state index contributed by atoms with van der Waals surface area (Å²) >= 11 is 0. The van der Waals surface area contributed by atoms with E-state index in [1.807, 2.05) is 25.1 Å². The summed E-state index contributed by atoms with van der Waals surface area (Å²) in [5, 5.41) is 13.9. The van der Waals surface area contributed by atoms with E-state index in [-0.39, 0.29) is 18.2 Å². The van der Waals surface area contributed by atoms with Crippen molar-refractivity contribution in [3.05, 3.63) is 88.5 Å². The van der Waals surface area contributed by atoms with E-state index in [4.69, 9.17) is 4.74 Å². The van der Waals surface area contributed by atoms with Gasteiger partial charge in [0.15, 0.2) is 11.5 Å². The van der Waals surface area contributed by atoms with E-state index in [0.717, 1.165) is 15.9 Å². The summed E-state index contributed by atoms with van der Waals surface area (Å²) in [6.45, 7) is 1.69. The fourth-order valence-electron chi connectivity index (χ4n) is 2.93. The number of ether oxygens (including phenoxy) is 1. The van der Waals surface area contributed by atoms with Crippen LogP contribution < -0.4 is 14.4 Å². The van der Waals surface area contributed by atoms with Gasteiger partial charge in [-0.3, -0.25) is 19.2 Å². The van der Waals surface area contributed by atoms with Crippen LogP contribution in [0.2, 0.25) is 0 Å². The van der Waals surface area contributed by atoms with E-state index in [1.54, 1.807) is 6.07 Å². The molecule has 0 bridgehead atoms. The van der Waals surface area contributed by atoms with Crippen molar-refractivity contribution in [2.24, 2.45) is 0 Å². The number of anilines is 2. The topological polar surface area (TPSA) is 119 Å². The third kappa shape index (κ3) is 5.22. The molecule has 1 N–H and O–H groups in total. The molecule has 0 heterocycles. The van der Waals surface area contributed by atoms with Crippen molar-refractivity contribution in [2.45, 2.75) is 11.8 Å². The van der Waals surface area contributed by atoms with Gasteiger partial charge in [0, 0.05) is 18.8 Å². The predicted octanol–water partition coefficient (Wildman–Crippen LogP) is 3.75. The molecule has 3 aromatic rings. The highest BCUT2D eigenvalue weighted by molar-refractivity contribution is 7.93. The number of hydrogen-bond acceptors (Lipinski definition) is 6. The van der Waals surface area contributed by atoms with Gasteiger partial charge in [0.25, 0.3) is 21.6 Å². The smallest absolute Gasteiger partial charge is 0.289 e. The van der Waals surface area contributed by atoms with Crippen LogP contribution in [0.5, 0.6) is 5.75 Å². The number of nitro groups is 1. The molecule has 0 unspecified atom stereocenters. The molecule has 3 aromatic carbocycles. The maximum atomic E-state index is 12.9. The zero-order chi connectivity index (χ0) is 23.3. The molecule has 0 fully saturated rings. The van der Waals surface area contributed by atoms with Gasteiger partial charge in [0.1, 0.15) is 5.75 Å². The lowest BCUT2D eigenvalue weighted by Gasteiger charge is -2.19. The molecule has 0 aliphatic carbocycles. The first-order valence-corrected chi connectivity index (χ1v) is 10.9. The Hall–Kier alpha value is -3.92. The highest BCUT2D eigenvalue weighted by atomic mass is 32.2. The maximum Gasteiger partial charge on any atom is 0.289 e. The van der Waals surface area contributed by atoms with Gasteiger partial charge >= 0.3 is 0 Å². The van der Waals surface area contributed by atoms with E-state index >= 15 is 0 Å². The van der Waals surface area contributed by atoms with E-state index in [9.17, 15) is 23.3 Å². The van der Waals surface area contributed by atoms with Crippen molar-refractivity contribution in [2.75, 3.05) is 23.3 Å². The summed E-state index contributed by atoms with van der Waals surface area (Å²) in [5.41, 5.74) is 1.45. The number of sulfonamides is 1. The molecule has 0 aromatic heterocycles. The number of nitro benzene ring substituents is 1. The molecule has 9 nitrogen and oxygen atoms in total. The first-order chi connectivity index (χ1) is 15.2. The van der Waals surface area contributed by atoms with Crippen LogP contribution in [0.1, 0.15) is 5.56 Å². The van der Waals surface area contributed by atoms with Gasteiger partial charge < -0.3 is 10.1 Å². The van der Waals surface area contributed by atoms with Gasteiger partial charge in [0.2, 0.25) is 0 Å². The van der Waals surface area contributed by atoms with Gasteiger partial charge in [0.05, 0.1) is 10.6 Å². The summed E-state index contributed by atoms with van der Waals surface area (Å²) in [6.07, 6.45) is 0. The van der Waals surface area contributed by atoms with Gasteiger partial charge in [-0.2, -0.15) is 0 Å². The number of amides is 1. The maximum absolute atomic E-state index is 12.9. The Balaban J connectivity index is 1.67. The quantitative estimate of drug-likeness (QED) is 0.408. The highest BCUT2D eigenvalue weighted by Gasteiger charge is 2.29. The minimum absolute atomic E-state index is 0.225. The molecule has 0 aliphatic heterocycles. The summed E-state index contributed by atoms with van der Waals surface area (Å²) < 4.78 is 32.2. The van der Waals surface area contributed by atoms with Crippen LogP contribution in [-0.4, -0.2) is 32.9 Å². The molecule has 0 spiro atoms. The Labute approximate surface area is 185 Å². The van der Waals surface area contributed by atoms with Gasteiger partial charge in [-0.15, -0.1) is 0 Å². The van der Waals surface area contributed by atoms with Crippen molar-refractivity contribution >= 4 is 33.0 Å². The summed E-state index contributed by atoms with van der Waals surface area (Å²) in [4.78, 5) is 22.1. The average Bonchev–Trinajstić information content (AvgIpc) is 2.77. The SMILES string of the molecule is Cc1cccc(NC(=O)COc2ccc(N(C)S(=O)(=O)c3ccccc3[N+](=O)[O-])cc2)c1. The number of nitrogens with zero attached hydrogens (tertiary/aromatic N) is 2. The van der Waals surface area contributed by atoms with Crippen LogP contribution in [0, 0.1) is 17.0 Å². The van der Waals surface area contributed by atoms with E-state index in [1.165, 1.54) is 49.5 Å². The number of rotatable bonds is 8. The van der Waals surface area contributed by atoms with Crippen molar-refractivity contribution < 1.29 is 22.9 Å². The number of aryl methyl sites for hydroxylation is 1. The summed E-state index contributed by atoms with van der Waals surface area (Å²) in [7, 11) is -2.85. The monoisotopic (exact) mass is 455 g/mol. The molecular weight excluding hydrogens is 434 g/mol. The van der Waals surface area contributed by atoms with Crippen molar-refractivity contribution in [1.82, 2.24) is 0 Å². The Morgan fingerprint density at radius 2 is 1.75 bits per heavy atom. The lowest BCUT2D eigenvalue weighted by atomic mass is 10.2. The Morgan fingerprint density at radius 3 is 2.41 bits per heavy atom. The van der Waals surface area contributed by atoms with E-state index in [2.05, 4.69) is 5.32 Å². The lowest BCUT2D eigenvalue weighted by molar-refractivity contribution is -0.387. The van der Waals surface area contributed by atoms with E-state index in [0.29, 0.717) is 11.4 Å². The summed E-state index contributed by atoms with van der Waals surface area (Å²) in [6, 6.07) is 18.5. The number of carbonyl (C=O) groups excluding carboxylic acids is 1. The second kappa shape index (κ2) is 9.48. The van der Waals surface area contributed by atoms with Crippen molar-refractivity contribution in [3.63, 3.8) is 0 Å². The zero-order valence-electron chi connectivity index (χ0n) is 17.4. The standard InChI is InChI=1S/C22H21N3O6S/c1-16-6-5-7-17(14-16)23-22(26)15-31-19-12-10-18(11-13-19)24(2)32(29,30)21-9-4-3-8-20(21)25(27)28/h3-14H,15H2,1-2H3,(H,23,26). The normalized spacial score (nSPS) is 10.9. The molecular formula is C22H21N3O6S. The molecule has 0 radical (unpaired) electrons. The Morgan fingerprint density at radius 1 is 1.06 bits per heavy atom. The second-order valence-corrected chi connectivity index (χ2v) is 8.84. The predicted molar refractivity (Wildman–Crippen MR) is 120 cm³/mol. The van der Waals surface area contributed by atoms with Crippen LogP contribution in [0.15, 0.2) is 77.7 Å². The Kier molecular flexibility index (Phi) is 6.74. The first-order valence-electron chi connectivity index (χ1n) is 9.50. The largest absolute Gasteiger partial charge is 0.484 e. The van der Waals surface area contributed by atoms with Gasteiger partial charge in [-0.1, -0.05) is 24.3 Å². The summed E-state index contributed by atoms with van der Waals surface area (Å²) in [5.74, 6) is 0.0281. The van der Waals surface area contributed by atoms with Crippen LogP contribution in [-0.2, 0) is 14.8 Å².